The summed E-state index contributed by atoms with van der Waals surface area (Å²) in [6.45, 7) is 1.71. The van der Waals surface area contributed by atoms with Gasteiger partial charge in [-0.1, -0.05) is 23.7 Å². The molecule has 2 N–H and O–H groups in total. The van der Waals surface area contributed by atoms with E-state index in [1.807, 2.05) is 18.2 Å². The molecule has 8 heteroatoms. The number of nitrogens with zero attached hydrogens (tertiary/aromatic N) is 2. The Hall–Kier alpha value is -3.57. The lowest BCUT2D eigenvalue weighted by atomic mass is 9.94. The van der Waals surface area contributed by atoms with Crippen LogP contribution in [0, 0.1) is 23.5 Å². The first kappa shape index (κ1) is 23.6. The molecule has 5 nitrogen and oxygen atoms in total. The van der Waals surface area contributed by atoms with Crippen LogP contribution in [-0.4, -0.2) is 24.4 Å². The van der Waals surface area contributed by atoms with Crippen molar-refractivity contribution in [2.75, 3.05) is 14.2 Å². The summed E-state index contributed by atoms with van der Waals surface area (Å²) in [5, 5.41) is 0.239. The van der Waals surface area contributed by atoms with Gasteiger partial charge in [0, 0.05) is 46.0 Å². The summed E-state index contributed by atoms with van der Waals surface area (Å²) in [5.74, 6) is 5.56. The highest BCUT2D eigenvalue weighted by molar-refractivity contribution is 8.14. The second kappa shape index (κ2) is 10.1. The number of ether oxygens (including phenoxy) is 2. The predicted octanol–water partition coefficient (Wildman–Crippen LogP) is 5.65. The molecule has 0 bridgehead atoms. The molecule has 0 aliphatic carbocycles. The van der Waals surface area contributed by atoms with E-state index in [1.165, 1.54) is 24.0 Å². The molecule has 0 amide bonds. The van der Waals surface area contributed by atoms with Gasteiger partial charge in [-0.2, -0.15) is 0 Å². The average Bonchev–Trinajstić information content (AvgIpc) is 2.83. The van der Waals surface area contributed by atoms with E-state index in [2.05, 4.69) is 21.8 Å². The Morgan fingerprint density at radius 2 is 1.82 bits per heavy atom. The fourth-order valence-electron chi connectivity index (χ4n) is 3.93. The summed E-state index contributed by atoms with van der Waals surface area (Å²) in [4.78, 5) is 8.62. The van der Waals surface area contributed by atoms with E-state index in [4.69, 9.17) is 15.2 Å². The molecule has 4 rings (SSSR count). The first-order valence-electron chi connectivity index (χ1n) is 10.5. The fraction of sp³-hybridized carbons (Fsp3) is 0.231. The Morgan fingerprint density at radius 1 is 1.03 bits per heavy atom. The molecule has 1 aliphatic heterocycles. The van der Waals surface area contributed by atoms with Gasteiger partial charge in [0.1, 0.15) is 11.6 Å². The van der Waals surface area contributed by atoms with Crippen molar-refractivity contribution >= 4 is 16.9 Å². The number of benzene rings is 2. The van der Waals surface area contributed by atoms with E-state index in [-0.39, 0.29) is 16.4 Å². The monoisotopic (exact) mass is 479 g/mol. The minimum Gasteiger partial charge on any atom is -0.493 e. The van der Waals surface area contributed by atoms with Gasteiger partial charge in [-0.3, -0.25) is 9.98 Å². The predicted molar refractivity (Wildman–Crippen MR) is 131 cm³/mol. The zero-order valence-electron chi connectivity index (χ0n) is 18.9. The summed E-state index contributed by atoms with van der Waals surface area (Å²) in [6.07, 6.45) is 3.60. The van der Waals surface area contributed by atoms with Crippen LogP contribution in [-0.2, 0) is 0 Å². The van der Waals surface area contributed by atoms with Gasteiger partial charge < -0.3 is 15.2 Å². The number of thioether (sulfide) groups is 1. The number of aromatic nitrogens is 1. The van der Waals surface area contributed by atoms with Gasteiger partial charge in [0.05, 0.1) is 20.3 Å². The van der Waals surface area contributed by atoms with Gasteiger partial charge >= 0.3 is 0 Å². The number of nitrogens with two attached hydrogens (primary N) is 1. The third-order valence-corrected chi connectivity index (χ3v) is 6.62. The van der Waals surface area contributed by atoms with E-state index in [0.29, 0.717) is 34.2 Å². The maximum absolute atomic E-state index is 15.0. The van der Waals surface area contributed by atoms with E-state index in [9.17, 15) is 8.78 Å². The van der Waals surface area contributed by atoms with Gasteiger partial charge in [0.25, 0.3) is 0 Å². The molecule has 3 aromatic rings. The Morgan fingerprint density at radius 3 is 2.56 bits per heavy atom. The Balaban J connectivity index is 1.71. The molecular formula is C26H23F2N3O2S. The smallest absolute Gasteiger partial charge is 0.161 e. The third-order valence-electron chi connectivity index (χ3n) is 5.53. The van der Waals surface area contributed by atoms with E-state index >= 15 is 0 Å². The topological polar surface area (TPSA) is 69.7 Å². The highest BCUT2D eigenvalue weighted by Crippen LogP contribution is 2.45. The second-order valence-corrected chi connectivity index (χ2v) is 8.85. The van der Waals surface area contributed by atoms with E-state index in [0.717, 1.165) is 11.6 Å². The SMILES string of the molecule is CC#Cc1cncc(-c2cc(C3CC(c4ccc(OC)c(OC)c4)SC(N)=N3)c(F)cc2F)c1. The molecule has 2 atom stereocenters. The van der Waals surface area contributed by atoms with Crippen molar-refractivity contribution in [1.29, 1.82) is 0 Å². The van der Waals surface area contributed by atoms with Gasteiger partial charge in [0.15, 0.2) is 16.7 Å². The maximum Gasteiger partial charge on any atom is 0.161 e. The lowest BCUT2D eigenvalue weighted by Gasteiger charge is -2.27. The van der Waals surface area contributed by atoms with Crippen LogP contribution in [0.1, 0.15) is 41.3 Å². The van der Waals surface area contributed by atoms with E-state index in [1.54, 1.807) is 33.4 Å². The average molecular weight is 480 g/mol. The molecule has 1 aliphatic rings. The van der Waals surface area contributed by atoms with Crippen LogP contribution in [0.25, 0.3) is 11.1 Å². The van der Waals surface area contributed by atoms with Crippen molar-refractivity contribution in [1.82, 2.24) is 4.98 Å². The number of hydrogen-bond donors (Lipinski definition) is 1. The summed E-state index contributed by atoms with van der Waals surface area (Å²) >= 11 is 1.40. The molecule has 174 valence electrons. The number of methoxy groups -OCH3 is 2. The Bertz CT molecular complexity index is 1320. The van der Waals surface area contributed by atoms with Crippen molar-refractivity contribution in [2.24, 2.45) is 10.7 Å². The minimum absolute atomic E-state index is 0.0972. The first-order chi connectivity index (χ1) is 16.4. The molecule has 2 unspecified atom stereocenters. The van der Waals surface area contributed by atoms with Gasteiger partial charge in [-0.25, -0.2) is 8.78 Å². The van der Waals surface area contributed by atoms with Crippen molar-refractivity contribution in [3.8, 4) is 34.5 Å². The van der Waals surface area contributed by atoms with Crippen molar-refractivity contribution in [2.45, 2.75) is 24.6 Å². The van der Waals surface area contributed by atoms with Gasteiger partial charge in [-0.15, -0.1) is 5.92 Å². The molecule has 1 aromatic heterocycles. The molecule has 34 heavy (non-hydrogen) atoms. The van der Waals surface area contributed by atoms with Crippen molar-refractivity contribution < 1.29 is 18.3 Å². The lowest BCUT2D eigenvalue weighted by molar-refractivity contribution is 0.354. The number of aliphatic imine (C=N–C) groups is 1. The van der Waals surface area contributed by atoms with Crippen molar-refractivity contribution in [3.63, 3.8) is 0 Å². The summed E-state index contributed by atoms with van der Waals surface area (Å²) in [6, 6.07) is 9.16. The molecule has 0 radical (unpaired) electrons. The molecular weight excluding hydrogens is 456 g/mol. The summed E-state index contributed by atoms with van der Waals surface area (Å²) in [5.41, 5.74) is 8.75. The van der Waals surface area contributed by atoms with Crippen LogP contribution >= 0.6 is 11.8 Å². The fourth-order valence-corrected chi connectivity index (χ4v) is 4.97. The first-order valence-corrected chi connectivity index (χ1v) is 11.4. The van der Waals surface area contributed by atoms with Crippen LogP contribution in [0.4, 0.5) is 8.78 Å². The zero-order valence-corrected chi connectivity index (χ0v) is 19.7. The molecule has 0 spiro atoms. The maximum atomic E-state index is 15.0. The van der Waals surface area contributed by atoms with E-state index < -0.39 is 17.7 Å². The standard InChI is InChI=1S/C26H23F2N3O2S/c1-4-5-15-8-17(14-30-13-15)18-10-19(21(28)11-20(18)27)22-12-25(34-26(29)31-22)16-6-7-23(32-2)24(9-16)33-3/h6-11,13-14,22,25H,12H2,1-3H3,(H2,29,31). The minimum atomic E-state index is -0.678. The number of halogens is 2. The van der Waals surface area contributed by atoms with Gasteiger partial charge in [0.2, 0.25) is 0 Å². The molecule has 0 saturated heterocycles. The number of rotatable bonds is 5. The van der Waals surface area contributed by atoms with Crippen LogP contribution < -0.4 is 15.2 Å². The molecule has 2 aromatic carbocycles. The lowest BCUT2D eigenvalue weighted by Crippen LogP contribution is -2.19. The molecule has 0 fully saturated rings. The number of hydrogen-bond acceptors (Lipinski definition) is 6. The van der Waals surface area contributed by atoms with Crippen LogP contribution in [0.5, 0.6) is 11.5 Å². The van der Waals surface area contributed by atoms with Crippen LogP contribution in [0.15, 0.2) is 53.8 Å². The highest BCUT2D eigenvalue weighted by atomic mass is 32.2. The van der Waals surface area contributed by atoms with Crippen LogP contribution in [0.3, 0.4) is 0 Å². The quantitative estimate of drug-likeness (QED) is 0.479. The molecule has 2 heterocycles. The summed E-state index contributed by atoms with van der Waals surface area (Å²) in [7, 11) is 3.14. The largest absolute Gasteiger partial charge is 0.493 e. The highest BCUT2D eigenvalue weighted by Gasteiger charge is 2.29. The third kappa shape index (κ3) is 4.85. The van der Waals surface area contributed by atoms with Crippen LogP contribution in [0.2, 0.25) is 0 Å². The van der Waals surface area contributed by atoms with Gasteiger partial charge in [-0.05, 0) is 43.2 Å². The Labute approximate surface area is 201 Å². The van der Waals surface area contributed by atoms with Crippen molar-refractivity contribution in [3.05, 3.63) is 77.1 Å². The summed E-state index contributed by atoms with van der Waals surface area (Å²) < 4.78 is 40.5. The second-order valence-electron chi connectivity index (χ2n) is 7.63. The normalized spacial score (nSPS) is 17.4. The Kier molecular flexibility index (Phi) is 7.03. The number of pyridine rings is 1. The molecule has 0 saturated carbocycles. The number of amidine groups is 1. The zero-order chi connectivity index (χ0) is 24.2.